The molecule has 0 amide bonds. The predicted molar refractivity (Wildman–Crippen MR) is 60.7 cm³/mol. The lowest BCUT2D eigenvalue weighted by Crippen LogP contribution is -2.30. The number of likely N-dealkylation sites (tertiary alicyclic amines) is 1. The highest BCUT2D eigenvalue weighted by Crippen LogP contribution is 2.33. The van der Waals surface area contributed by atoms with Crippen LogP contribution in [-0.4, -0.2) is 28.5 Å². The fourth-order valence-electron chi connectivity index (χ4n) is 2.25. The van der Waals surface area contributed by atoms with Crippen molar-refractivity contribution in [2.45, 2.75) is 31.5 Å². The summed E-state index contributed by atoms with van der Waals surface area (Å²) in [5, 5.41) is 0. The molecule has 0 aliphatic carbocycles. The lowest BCUT2D eigenvalue weighted by molar-refractivity contribution is -0.141. The number of nitrogens with zero attached hydrogens (tertiary/aromatic N) is 3. The molecule has 0 bridgehead atoms. The number of halogens is 3. The van der Waals surface area contributed by atoms with E-state index >= 15 is 0 Å². The summed E-state index contributed by atoms with van der Waals surface area (Å²) in [6, 6.07) is 0.896. The Morgan fingerprint density at radius 3 is 2.67 bits per heavy atom. The van der Waals surface area contributed by atoms with Gasteiger partial charge in [0.15, 0.2) is 0 Å². The van der Waals surface area contributed by atoms with Gasteiger partial charge in [-0.1, -0.05) is 6.42 Å². The van der Waals surface area contributed by atoms with Crippen molar-refractivity contribution in [3.8, 4) is 0 Å². The molecule has 1 aliphatic heterocycles. The number of piperidine rings is 1. The highest BCUT2D eigenvalue weighted by molar-refractivity contribution is 5.26. The first kappa shape index (κ1) is 13.1. The monoisotopic (exact) mass is 260 g/mol. The number of nitrogens with two attached hydrogens (primary N) is 1. The largest absolute Gasteiger partial charge is 0.433 e. The molecule has 18 heavy (non-hydrogen) atoms. The van der Waals surface area contributed by atoms with E-state index in [0.717, 1.165) is 31.9 Å². The molecule has 7 heteroatoms. The molecule has 100 valence electrons. The molecule has 0 radical (unpaired) electrons. The number of nitrogen functional groups attached to an aromatic ring is 1. The first-order valence-corrected chi connectivity index (χ1v) is 5.80. The van der Waals surface area contributed by atoms with Crippen LogP contribution < -0.4 is 5.73 Å². The van der Waals surface area contributed by atoms with Gasteiger partial charge in [0.1, 0.15) is 5.69 Å². The predicted octanol–water partition coefficient (Wildman–Crippen LogP) is 2.23. The molecule has 1 aromatic heterocycles. The van der Waals surface area contributed by atoms with E-state index in [1.54, 1.807) is 0 Å². The second kappa shape index (κ2) is 4.72. The van der Waals surface area contributed by atoms with E-state index in [0.29, 0.717) is 5.69 Å². The summed E-state index contributed by atoms with van der Waals surface area (Å²) in [6.45, 7) is 0.857. The van der Waals surface area contributed by atoms with Crippen LogP contribution >= 0.6 is 0 Å². The third-order valence-corrected chi connectivity index (χ3v) is 3.17. The third-order valence-electron chi connectivity index (χ3n) is 3.17. The Morgan fingerprint density at radius 1 is 1.33 bits per heavy atom. The Morgan fingerprint density at radius 2 is 2.06 bits per heavy atom. The standard InChI is InChI=1S/C11H15F3N4/c1-18-5-3-2-4-8(18)7-6-9(11(12,13)14)17-10(15)16-7/h6,8H,2-5H2,1H3,(H2,15,16,17). The zero-order chi connectivity index (χ0) is 13.3. The van der Waals surface area contributed by atoms with E-state index < -0.39 is 11.9 Å². The van der Waals surface area contributed by atoms with Gasteiger partial charge in [-0.3, -0.25) is 4.90 Å². The molecule has 1 atom stereocenters. The van der Waals surface area contributed by atoms with Crippen molar-refractivity contribution in [2.24, 2.45) is 0 Å². The van der Waals surface area contributed by atoms with E-state index in [1.807, 2.05) is 11.9 Å². The Labute approximate surface area is 103 Å². The van der Waals surface area contributed by atoms with Crippen molar-refractivity contribution in [2.75, 3.05) is 19.3 Å². The molecule has 1 aromatic rings. The van der Waals surface area contributed by atoms with Gasteiger partial charge in [-0.05, 0) is 32.5 Å². The number of hydrogen-bond acceptors (Lipinski definition) is 4. The van der Waals surface area contributed by atoms with Crippen LogP contribution in [0.25, 0.3) is 0 Å². The Bertz CT molecular complexity index is 433. The van der Waals surface area contributed by atoms with E-state index in [1.165, 1.54) is 0 Å². The molecule has 1 unspecified atom stereocenters. The summed E-state index contributed by atoms with van der Waals surface area (Å²) in [4.78, 5) is 9.20. The lowest BCUT2D eigenvalue weighted by Gasteiger charge is -2.32. The molecular formula is C11H15F3N4. The van der Waals surface area contributed by atoms with Crippen molar-refractivity contribution in [1.82, 2.24) is 14.9 Å². The van der Waals surface area contributed by atoms with Gasteiger partial charge in [-0.25, -0.2) is 9.97 Å². The van der Waals surface area contributed by atoms with Crippen LogP contribution in [-0.2, 0) is 6.18 Å². The molecule has 2 heterocycles. The molecule has 1 aliphatic rings. The van der Waals surface area contributed by atoms with E-state index in [-0.39, 0.29) is 12.0 Å². The zero-order valence-corrected chi connectivity index (χ0v) is 10.0. The first-order valence-electron chi connectivity index (χ1n) is 5.80. The van der Waals surface area contributed by atoms with Crippen LogP contribution in [0.15, 0.2) is 6.07 Å². The topological polar surface area (TPSA) is 55.0 Å². The first-order chi connectivity index (χ1) is 8.38. The van der Waals surface area contributed by atoms with Gasteiger partial charge in [0.2, 0.25) is 5.95 Å². The minimum Gasteiger partial charge on any atom is -0.368 e. The SMILES string of the molecule is CN1CCCCC1c1cc(C(F)(F)F)nc(N)n1. The van der Waals surface area contributed by atoms with E-state index in [4.69, 9.17) is 5.73 Å². The van der Waals surface area contributed by atoms with Gasteiger partial charge in [-0.2, -0.15) is 13.2 Å². The van der Waals surface area contributed by atoms with Gasteiger partial charge in [0.05, 0.1) is 11.7 Å². The fraction of sp³-hybridized carbons (Fsp3) is 0.636. The molecule has 4 nitrogen and oxygen atoms in total. The number of rotatable bonds is 1. The van der Waals surface area contributed by atoms with Crippen LogP contribution in [0.4, 0.5) is 19.1 Å². The molecule has 1 saturated heterocycles. The second-order valence-electron chi connectivity index (χ2n) is 4.53. The van der Waals surface area contributed by atoms with Gasteiger partial charge < -0.3 is 5.73 Å². The highest BCUT2D eigenvalue weighted by Gasteiger charge is 2.34. The van der Waals surface area contributed by atoms with Crippen molar-refractivity contribution in [3.05, 3.63) is 17.5 Å². The van der Waals surface area contributed by atoms with Crippen molar-refractivity contribution in [3.63, 3.8) is 0 Å². The summed E-state index contributed by atoms with van der Waals surface area (Å²) in [5.41, 5.74) is 4.76. The summed E-state index contributed by atoms with van der Waals surface area (Å²) in [5.74, 6) is -0.321. The quantitative estimate of drug-likeness (QED) is 0.841. The average Bonchev–Trinajstić information content (AvgIpc) is 2.27. The average molecular weight is 260 g/mol. The highest BCUT2D eigenvalue weighted by atomic mass is 19.4. The van der Waals surface area contributed by atoms with Crippen LogP contribution in [0.1, 0.15) is 36.7 Å². The van der Waals surface area contributed by atoms with Gasteiger partial charge in [-0.15, -0.1) is 0 Å². The maximum Gasteiger partial charge on any atom is 0.433 e. The van der Waals surface area contributed by atoms with E-state index in [2.05, 4.69) is 9.97 Å². The minimum atomic E-state index is -4.49. The molecule has 0 saturated carbocycles. The Kier molecular flexibility index (Phi) is 3.43. The van der Waals surface area contributed by atoms with Crippen molar-refractivity contribution >= 4 is 5.95 Å². The summed E-state index contributed by atoms with van der Waals surface area (Å²) >= 11 is 0. The Hall–Kier alpha value is -1.37. The molecule has 1 fully saturated rings. The molecule has 2 N–H and O–H groups in total. The van der Waals surface area contributed by atoms with Crippen molar-refractivity contribution < 1.29 is 13.2 Å². The summed E-state index contributed by atoms with van der Waals surface area (Å²) in [7, 11) is 1.88. The van der Waals surface area contributed by atoms with Crippen LogP contribution in [0, 0.1) is 0 Å². The summed E-state index contributed by atoms with van der Waals surface area (Å²) in [6.07, 6.45) is -1.65. The number of alkyl halides is 3. The van der Waals surface area contributed by atoms with Crippen LogP contribution in [0.5, 0.6) is 0 Å². The lowest BCUT2D eigenvalue weighted by atomic mass is 9.99. The third kappa shape index (κ3) is 2.72. The minimum absolute atomic E-state index is 0.106. The summed E-state index contributed by atoms with van der Waals surface area (Å²) < 4.78 is 38.0. The van der Waals surface area contributed by atoms with Crippen LogP contribution in [0.3, 0.4) is 0 Å². The smallest absolute Gasteiger partial charge is 0.368 e. The molecule has 2 rings (SSSR count). The fourth-order valence-corrected chi connectivity index (χ4v) is 2.25. The maximum atomic E-state index is 12.7. The van der Waals surface area contributed by atoms with Crippen LogP contribution in [0.2, 0.25) is 0 Å². The van der Waals surface area contributed by atoms with Crippen molar-refractivity contribution in [1.29, 1.82) is 0 Å². The van der Waals surface area contributed by atoms with E-state index in [9.17, 15) is 13.2 Å². The number of aromatic nitrogens is 2. The molecular weight excluding hydrogens is 245 g/mol. The molecule has 0 spiro atoms. The second-order valence-corrected chi connectivity index (χ2v) is 4.53. The number of hydrogen-bond donors (Lipinski definition) is 1. The number of anilines is 1. The van der Waals surface area contributed by atoms with Gasteiger partial charge in [0, 0.05) is 0 Å². The normalized spacial score (nSPS) is 22.1. The van der Waals surface area contributed by atoms with Gasteiger partial charge >= 0.3 is 6.18 Å². The van der Waals surface area contributed by atoms with Gasteiger partial charge in [0.25, 0.3) is 0 Å². The molecule has 0 aromatic carbocycles. The zero-order valence-electron chi connectivity index (χ0n) is 10.0. The Balaban J connectivity index is 2.35. The maximum absolute atomic E-state index is 12.7.